The first-order chi connectivity index (χ1) is 11.8. The molecule has 1 fully saturated rings. The van der Waals surface area contributed by atoms with Crippen LogP contribution < -0.4 is 15.5 Å². The van der Waals surface area contributed by atoms with Crippen LogP contribution in [0.25, 0.3) is 0 Å². The number of unbranched alkanes of at least 4 members (excludes halogenated alkanes) is 2. The SMILES string of the molecule is CCNC(=NCCCCCOC)NC1CCN(c2cccs2)CC1. The minimum absolute atomic E-state index is 0.521. The quantitative estimate of drug-likeness (QED) is 0.407. The monoisotopic (exact) mass is 352 g/mol. The third-order valence-electron chi connectivity index (χ3n) is 4.27. The van der Waals surface area contributed by atoms with E-state index in [0.29, 0.717) is 6.04 Å². The van der Waals surface area contributed by atoms with Crippen molar-refractivity contribution in [2.45, 2.75) is 45.1 Å². The Morgan fingerprint density at radius 3 is 2.83 bits per heavy atom. The number of hydrogen-bond acceptors (Lipinski definition) is 4. The van der Waals surface area contributed by atoms with E-state index in [1.165, 1.54) is 11.4 Å². The van der Waals surface area contributed by atoms with Gasteiger partial charge in [-0.15, -0.1) is 11.3 Å². The lowest BCUT2D eigenvalue weighted by Gasteiger charge is -2.33. The Morgan fingerprint density at radius 1 is 1.33 bits per heavy atom. The van der Waals surface area contributed by atoms with Gasteiger partial charge in [-0.1, -0.05) is 0 Å². The number of aliphatic imine (C=N–C) groups is 1. The van der Waals surface area contributed by atoms with Gasteiger partial charge in [0.25, 0.3) is 0 Å². The normalized spacial score (nSPS) is 16.4. The molecule has 2 rings (SSSR count). The second kappa shape index (κ2) is 11.3. The second-order valence-electron chi connectivity index (χ2n) is 6.17. The number of ether oxygens (including phenoxy) is 1. The van der Waals surface area contributed by atoms with Gasteiger partial charge in [0.05, 0.1) is 5.00 Å². The van der Waals surface area contributed by atoms with E-state index >= 15 is 0 Å². The summed E-state index contributed by atoms with van der Waals surface area (Å²) >= 11 is 1.83. The van der Waals surface area contributed by atoms with Gasteiger partial charge in [0.2, 0.25) is 0 Å². The van der Waals surface area contributed by atoms with Crippen molar-refractivity contribution >= 4 is 22.3 Å². The summed E-state index contributed by atoms with van der Waals surface area (Å²) in [7, 11) is 1.76. The van der Waals surface area contributed by atoms with Crippen molar-refractivity contribution in [1.82, 2.24) is 10.6 Å². The van der Waals surface area contributed by atoms with Crippen LogP contribution in [0.2, 0.25) is 0 Å². The van der Waals surface area contributed by atoms with Crippen LogP contribution in [-0.4, -0.2) is 51.9 Å². The summed E-state index contributed by atoms with van der Waals surface area (Å²) < 4.78 is 5.08. The summed E-state index contributed by atoms with van der Waals surface area (Å²) in [5.74, 6) is 0.971. The Balaban J connectivity index is 1.70. The van der Waals surface area contributed by atoms with Gasteiger partial charge in [-0.2, -0.15) is 0 Å². The van der Waals surface area contributed by atoms with Crippen molar-refractivity contribution in [3.05, 3.63) is 17.5 Å². The summed E-state index contributed by atoms with van der Waals surface area (Å²) in [5, 5.41) is 10.5. The molecule has 5 nitrogen and oxygen atoms in total. The Morgan fingerprint density at radius 2 is 2.17 bits per heavy atom. The van der Waals surface area contributed by atoms with Gasteiger partial charge in [0.15, 0.2) is 5.96 Å². The van der Waals surface area contributed by atoms with Gasteiger partial charge in [-0.05, 0) is 56.5 Å². The van der Waals surface area contributed by atoms with E-state index in [1.807, 2.05) is 11.3 Å². The van der Waals surface area contributed by atoms with Crippen molar-refractivity contribution in [2.75, 3.05) is 44.8 Å². The molecule has 0 aromatic carbocycles. The fourth-order valence-corrected chi connectivity index (χ4v) is 3.72. The molecular formula is C18H32N4OS. The van der Waals surface area contributed by atoms with Crippen LogP contribution in [-0.2, 0) is 4.74 Å². The van der Waals surface area contributed by atoms with Gasteiger partial charge < -0.3 is 20.3 Å². The third-order valence-corrected chi connectivity index (χ3v) is 5.20. The van der Waals surface area contributed by atoms with Crippen LogP contribution in [0, 0.1) is 0 Å². The number of nitrogens with one attached hydrogen (secondary N) is 2. The molecule has 0 radical (unpaired) electrons. The van der Waals surface area contributed by atoms with E-state index in [-0.39, 0.29) is 0 Å². The molecule has 0 aliphatic carbocycles. The molecule has 1 aromatic rings. The third kappa shape index (κ3) is 6.69. The minimum atomic E-state index is 0.521. The maximum Gasteiger partial charge on any atom is 0.191 e. The molecule has 0 spiro atoms. The highest BCUT2D eigenvalue weighted by Gasteiger charge is 2.20. The van der Waals surface area contributed by atoms with Gasteiger partial charge >= 0.3 is 0 Å². The number of nitrogens with zero attached hydrogens (tertiary/aromatic N) is 2. The van der Waals surface area contributed by atoms with E-state index in [4.69, 9.17) is 9.73 Å². The predicted octanol–water partition coefficient (Wildman–Crippen LogP) is 3.09. The summed E-state index contributed by atoms with van der Waals surface area (Å²) in [6.07, 6.45) is 5.75. The molecular weight excluding hydrogens is 320 g/mol. The maximum absolute atomic E-state index is 5.08. The van der Waals surface area contributed by atoms with Crippen LogP contribution in [0.3, 0.4) is 0 Å². The van der Waals surface area contributed by atoms with Crippen LogP contribution in [0.1, 0.15) is 39.0 Å². The van der Waals surface area contributed by atoms with E-state index in [9.17, 15) is 0 Å². The number of rotatable bonds is 9. The Hall–Kier alpha value is -1.27. The second-order valence-corrected chi connectivity index (χ2v) is 7.10. The number of piperidine rings is 1. The Labute approximate surface area is 150 Å². The highest BCUT2D eigenvalue weighted by Crippen LogP contribution is 2.24. The average molecular weight is 353 g/mol. The molecule has 2 N–H and O–H groups in total. The molecule has 2 heterocycles. The zero-order valence-corrected chi connectivity index (χ0v) is 15.9. The molecule has 136 valence electrons. The standard InChI is InChI=1S/C18H32N4OS/c1-3-19-18(20-11-5-4-6-14-23-2)21-16-9-12-22(13-10-16)17-8-7-15-24-17/h7-8,15-16H,3-6,9-14H2,1-2H3,(H2,19,20,21). The predicted molar refractivity (Wildman–Crippen MR) is 104 cm³/mol. The van der Waals surface area contributed by atoms with Gasteiger partial charge in [0, 0.05) is 45.9 Å². The van der Waals surface area contributed by atoms with Crippen molar-refractivity contribution < 1.29 is 4.74 Å². The topological polar surface area (TPSA) is 48.9 Å². The summed E-state index contributed by atoms with van der Waals surface area (Å²) in [6.45, 7) is 7.00. The van der Waals surface area contributed by atoms with E-state index in [1.54, 1.807) is 7.11 Å². The lowest BCUT2D eigenvalue weighted by Crippen LogP contribution is -2.48. The summed E-state index contributed by atoms with van der Waals surface area (Å²) in [4.78, 5) is 7.20. The number of thiophene rings is 1. The molecule has 1 aliphatic rings. The summed E-state index contributed by atoms with van der Waals surface area (Å²) in [5.41, 5.74) is 0. The van der Waals surface area contributed by atoms with Gasteiger partial charge in [-0.25, -0.2) is 0 Å². The zero-order valence-electron chi connectivity index (χ0n) is 15.1. The largest absolute Gasteiger partial charge is 0.385 e. The van der Waals surface area contributed by atoms with Gasteiger partial charge in [0.1, 0.15) is 0 Å². The smallest absolute Gasteiger partial charge is 0.191 e. The Bertz CT molecular complexity index is 456. The molecule has 0 unspecified atom stereocenters. The number of guanidine groups is 1. The molecule has 1 saturated heterocycles. The Kier molecular flexibility index (Phi) is 8.98. The van der Waals surface area contributed by atoms with Crippen LogP contribution in [0.5, 0.6) is 0 Å². The van der Waals surface area contributed by atoms with Crippen LogP contribution in [0.15, 0.2) is 22.5 Å². The first-order valence-corrected chi connectivity index (χ1v) is 10.0. The molecule has 0 bridgehead atoms. The van der Waals surface area contributed by atoms with Crippen molar-refractivity contribution in [3.8, 4) is 0 Å². The highest BCUT2D eigenvalue weighted by molar-refractivity contribution is 7.14. The van der Waals surface area contributed by atoms with Gasteiger partial charge in [-0.3, -0.25) is 4.99 Å². The highest BCUT2D eigenvalue weighted by atomic mass is 32.1. The molecule has 0 atom stereocenters. The fourth-order valence-electron chi connectivity index (χ4n) is 2.93. The van der Waals surface area contributed by atoms with E-state index in [0.717, 1.165) is 64.4 Å². The minimum Gasteiger partial charge on any atom is -0.385 e. The number of hydrogen-bond donors (Lipinski definition) is 2. The number of methoxy groups -OCH3 is 1. The van der Waals surface area contributed by atoms with Crippen LogP contribution >= 0.6 is 11.3 Å². The lowest BCUT2D eigenvalue weighted by molar-refractivity contribution is 0.192. The lowest BCUT2D eigenvalue weighted by atomic mass is 10.1. The molecule has 6 heteroatoms. The van der Waals surface area contributed by atoms with Crippen LogP contribution in [0.4, 0.5) is 5.00 Å². The zero-order chi connectivity index (χ0) is 17.0. The average Bonchev–Trinajstić information content (AvgIpc) is 3.13. The number of anilines is 1. The first-order valence-electron chi connectivity index (χ1n) is 9.15. The fraction of sp³-hybridized carbons (Fsp3) is 0.722. The van der Waals surface area contributed by atoms with E-state index in [2.05, 4.69) is 40.0 Å². The maximum atomic E-state index is 5.08. The van der Waals surface area contributed by atoms with Crippen molar-refractivity contribution in [1.29, 1.82) is 0 Å². The van der Waals surface area contributed by atoms with Crippen molar-refractivity contribution in [3.63, 3.8) is 0 Å². The van der Waals surface area contributed by atoms with E-state index < -0.39 is 0 Å². The summed E-state index contributed by atoms with van der Waals surface area (Å²) in [6, 6.07) is 4.87. The molecule has 1 aromatic heterocycles. The molecule has 24 heavy (non-hydrogen) atoms. The molecule has 0 amide bonds. The van der Waals surface area contributed by atoms with Crippen molar-refractivity contribution in [2.24, 2.45) is 4.99 Å². The first kappa shape index (κ1) is 19.1. The molecule has 1 aliphatic heterocycles. The molecule has 0 saturated carbocycles.